The van der Waals surface area contributed by atoms with Gasteiger partial charge in [0.1, 0.15) is 6.04 Å². The molecule has 1 saturated carbocycles. The molecule has 4 N–H and O–H groups in total. The molecule has 132 valence electrons. The molecular formula is C15H17N5O5. The number of fused-ring (bicyclic) bond motifs is 2. The molecule has 2 aliphatic rings. The largest absolute Gasteiger partial charge is 0.417 e. The molecule has 4 unspecified atom stereocenters. The Hall–Kier alpha value is -2.72. The predicted octanol–water partition coefficient (Wildman–Crippen LogP) is 0.350. The lowest BCUT2D eigenvalue weighted by atomic mass is 9.79. The van der Waals surface area contributed by atoms with Crippen LogP contribution in [0.25, 0.3) is 11.1 Å². The second-order valence-corrected chi connectivity index (χ2v) is 6.50. The van der Waals surface area contributed by atoms with Gasteiger partial charge in [0.2, 0.25) is 11.9 Å². The van der Waals surface area contributed by atoms with Gasteiger partial charge >= 0.3 is 5.76 Å². The van der Waals surface area contributed by atoms with E-state index in [0.717, 1.165) is 0 Å². The van der Waals surface area contributed by atoms with Crippen LogP contribution in [0.1, 0.15) is 19.3 Å². The summed E-state index contributed by atoms with van der Waals surface area (Å²) in [7, 11) is 0. The fraction of sp³-hybridized carbons (Fsp3) is 0.467. The summed E-state index contributed by atoms with van der Waals surface area (Å²) < 4.78 is 4.92. The van der Waals surface area contributed by atoms with Gasteiger partial charge in [0.15, 0.2) is 5.58 Å². The molecule has 4 atom stereocenters. The highest BCUT2D eigenvalue weighted by Gasteiger charge is 2.46. The number of hydrazine groups is 1. The minimum atomic E-state index is -0.606. The molecular weight excluding hydrogens is 330 g/mol. The van der Waals surface area contributed by atoms with Gasteiger partial charge in [0.05, 0.1) is 5.52 Å². The Morgan fingerprint density at radius 3 is 2.96 bits per heavy atom. The van der Waals surface area contributed by atoms with Gasteiger partial charge in [-0.1, -0.05) is 0 Å². The van der Waals surface area contributed by atoms with E-state index >= 15 is 0 Å². The summed E-state index contributed by atoms with van der Waals surface area (Å²) in [6, 6.07) is 3.74. The summed E-state index contributed by atoms with van der Waals surface area (Å²) in [6.45, 7) is 0. The lowest BCUT2D eigenvalue weighted by molar-refractivity contribution is -0.528. The van der Waals surface area contributed by atoms with Gasteiger partial charge < -0.3 is 9.73 Å². The van der Waals surface area contributed by atoms with Gasteiger partial charge in [0.25, 0.3) is 0 Å². The van der Waals surface area contributed by atoms with E-state index < -0.39 is 17.8 Å². The first kappa shape index (κ1) is 15.8. The molecule has 10 nitrogen and oxygen atoms in total. The van der Waals surface area contributed by atoms with Crippen molar-refractivity contribution in [2.24, 2.45) is 5.92 Å². The molecule has 2 heterocycles. The third kappa shape index (κ3) is 2.89. The smallest absolute Gasteiger partial charge is 0.408 e. The van der Waals surface area contributed by atoms with Gasteiger partial charge in [-0.15, -0.1) is 0 Å². The molecule has 1 aromatic heterocycles. The van der Waals surface area contributed by atoms with Crippen molar-refractivity contribution in [3.05, 3.63) is 38.9 Å². The number of aromatic nitrogens is 1. The fourth-order valence-electron chi connectivity index (χ4n) is 3.73. The normalized spacial score (nSPS) is 28.6. The highest BCUT2D eigenvalue weighted by molar-refractivity contribution is 5.96. The molecule has 1 amide bonds. The van der Waals surface area contributed by atoms with Crippen molar-refractivity contribution >= 4 is 22.7 Å². The predicted molar refractivity (Wildman–Crippen MR) is 87.4 cm³/mol. The average Bonchev–Trinajstić information content (AvgIpc) is 3.15. The Labute approximate surface area is 141 Å². The topological polar surface area (TPSA) is 142 Å². The first-order valence-corrected chi connectivity index (χ1v) is 8.09. The van der Waals surface area contributed by atoms with E-state index in [0.29, 0.717) is 36.0 Å². The summed E-state index contributed by atoms with van der Waals surface area (Å²) >= 11 is 0. The number of rotatable bonds is 3. The maximum Gasteiger partial charge on any atom is 0.417 e. The molecule has 0 radical (unpaired) electrons. The van der Waals surface area contributed by atoms with E-state index in [9.17, 15) is 19.7 Å². The number of nitrogens with one attached hydrogen (secondary N) is 4. The molecule has 2 aromatic rings. The molecule has 25 heavy (non-hydrogen) atoms. The van der Waals surface area contributed by atoms with Crippen LogP contribution in [0.3, 0.4) is 0 Å². The molecule has 10 heteroatoms. The summed E-state index contributed by atoms with van der Waals surface area (Å²) in [5.74, 6) is -0.966. The lowest BCUT2D eigenvalue weighted by Gasteiger charge is -2.28. The Morgan fingerprint density at radius 2 is 2.16 bits per heavy atom. The third-order valence-electron chi connectivity index (χ3n) is 4.99. The van der Waals surface area contributed by atoms with Crippen molar-refractivity contribution in [3.8, 4) is 0 Å². The van der Waals surface area contributed by atoms with Crippen LogP contribution in [-0.4, -0.2) is 33.9 Å². The number of carbonyl (C=O) groups excluding carboxylic acids is 1. The standard InChI is InChI=1S/C15H17N5O5/c21-14(16-7-1-4-12-11(5-7)17-15(22)25-12)13-9-6-8(20(23)24)2-3-10(9)18-19-13/h1,4-5,8-10,13,18-19H,2-3,6H2,(H,16,21)(H,17,22). The SMILES string of the molecule is O=C(Nc1ccc2oc(=O)[nH]c2c1)C1NNC2CCC([N+](=O)[O-])CC21. The van der Waals surface area contributed by atoms with Crippen molar-refractivity contribution in [3.63, 3.8) is 0 Å². The number of aromatic amines is 1. The monoisotopic (exact) mass is 347 g/mol. The fourth-order valence-corrected chi connectivity index (χ4v) is 3.73. The van der Waals surface area contributed by atoms with Gasteiger partial charge in [-0.3, -0.25) is 25.3 Å². The van der Waals surface area contributed by atoms with Crippen LogP contribution in [0.2, 0.25) is 0 Å². The Morgan fingerprint density at radius 1 is 1.32 bits per heavy atom. The van der Waals surface area contributed by atoms with Gasteiger partial charge in [-0.05, 0) is 24.6 Å². The zero-order chi connectivity index (χ0) is 17.6. The van der Waals surface area contributed by atoms with Gasteiger partial charge in [0, 0.05) is 35.4 Å². The number of benzene rings is 1. The first-order valence-electron chi connectivity index (χ1n) is 8.09. The van der Waals surface area contributed by atoms with Crippen molar-refractivity contribution in [2.45, 2.75) is 37.4 Å². The molecule has 1 aliphatic heterocycles. The molecule has 1 saturated heterocycles. The average molecular weight is 347 g/mol. The maximum absolute atomic E-state index is 12.6. The number of hydrogen-bond donors (Lipinski definition) is 4. The zero-order valence-electron chi connectivity index (χ0n) is 13.2. The number of amides is 1. The minimum Gasteiger partial charge on any atom is -0.408 e. The Kier molecular flexibility index (Phi) is 3.77. The number of oxazole rings is 1. The summed E-state index contributed by atoms with van der Waals surface area (Å²) in [4.78, 5) is 37.1. The molecule has 1 aromatic carbocycles. The molecule has 0 bridgehead atoms. The van der Waals surface area contributed by atoms with E-state index in [1.807, 2.05) is 0 Å². The van der Waals surface area contributed by atoms with Gasteiger partial charge in [-0.2, -0.15) is 0 Å². The lowest BCUT2D eigenvalue weighted by Crippen LogP contribution is -2.44. The second kappa shape index (κ2) is 5.97. The number of anilines is 1. The second-order valence-electron chi connectivity index (χ2n) is 6.50. The van der Waals surface area contributed by atoms with E-state index in [1.165, 1.54) is 0 Å². The highest BCUT2D eigenvalue weighted by Crippen LogP contribution is 2.32. The maximum atomic E-state index is 12.6. The summed E-state index contributed by atoms with van der Waals surface area (Å²) in [6.07, 6.45) is 1.54. The van der Waals surface area contributed by atoms with Gasteiger partial charge in [-0.25, -0.2) is 10.2 Å². The number of carbonyl (C=O) groups is 1. The zero-order valence-corrected chi connectivity index (χ0v) is 13.2. The van der Waals surface area contributed by atoms with Crippen molar-refractivity contribution in [2.75, 3.05) is 5.32 Å². The van der Waals surface area contributed by atoms with Crippen LogP contribution in [0.5, 0.6) is 0 Å². The van der Waals surface area contributed by atoms with Crippen LogP contribution in [0, 0.1) is 16.0 Å². The van der Waals surface area contributed by atoms with Crippen LogP contribution < -0.4 is 21.9 Å². The minimum absolute atomic E-state index is 0.0552. The highest BCUT2D eigenvalue weighted by atomic mass is 16.6. The van der Waals surface area contributed by atoms with Crippen LogP contribution in [-0.2, 0) is 4.79 Å². The van der Waals surface area contributed by atoms with Crippen molar-refractivity contribution in [1.29, 1.82) is 0 Å². The Bertz CT molecular complexity index is 890. The van der Waals surface area contributed by atoms with Crippen LogP contribution >= 0.6 is 0 Å². The first-order chi connectivity index (χ1) is 12.0. The molecule has 4 rings (SSSR count). The molecule has 1 aliphatic carbocycles. The summed E-state index contributed by atoms with van der Waals surface area (Å²) in [5, 5.41) is 13.9. The van der Waals surface area contributed by atoms with E-state index in [1.54, 1.807) is 18.2 Å². The number of H-pyrrole nitrogens is 1. The van der Waals surface area contributed by atoms with Crippen LogP contribution in [0.15, 0.2) is 27.4 Å². The third-order valence-corrected chi connectivity index (χ3v) is 4.99. The van der Waals surface area contributed by atoms with Crippen molar-refractivity contribution < 1.29 is 14.1 Å². The van der Waals surface area contributed by atoms with E-state index in [-0.39, 0.29) is 22.8 Å². The quantitative estimate of drug-likeness (QED) is 0.463. The number of nitro groups is 1. The number of hydrogen-bond acceptors (Lipinski definition) is 7. The summed E-state index contributed by atoms with van der Waals surface area (Å²) in [5.41, 5.74) is 7.44. The van der Waals surface area contributed by atoms with Crippen molar-refractivity contribution in [1.82, 2.24) is 15.8 Å². The van der Waals surface area contributed by atoms with Crippen LogP contribution in [0.4, 0.5) is 5.69 Å². The number of nitrogens with zero attached hydrogens (tertiary/aromatic N) is 1. The Balaban J connectivity index is 1.49. The molecule has 0 spiro atoms. The van der Waals surface area contributed by atoms with E-state index in [2.05, 4.69) is 21.2 Å². The van der Waals surface area contributed by atoms with E-state index in [4.69, 9.17) is 4.42 Å². The molecule has 2 fully saturated rings.